The molecular formula is C12H22O. The van der Waals surface area contributed by atoms with Crippen LogP contribution in [-0.4, -0.2) is 5.78 Å². The Morgan fingerprint density at radius 2 is 1.23 bits per heavy atom. The molecule has 76 valence electrons. The van der Waals surface area contributed by atoms with E-state index in [1.54, 1.807) is 6.92 Å². The van der Waals surface area contributed by atoms with Crippen molar-refractivity contribution in [3.8, 4) is 0 Å². The van der Waals surface area contributed by atoms with Crippen molar-refractivity contribution in [3.05, 3.63) is 0 Å². The van der Waals surface area contributed by atoms with E-state index in [0.29, 0.717) is 11.7 Å². The molecule has 0 aromatic heterocycles. The summed E-state index contributed by atoms with van der Waals surface area (Å²) in [6.45, 7) is 1.76. The van der Waals surface area contributed by atoms with Gasteiger partial charge in [0.2, 0.25) is 0 Å². The Kier molecular flexibility index (Phi) is 5.10. The second-order valence-electron chi connectivity index (χ2n) is 4.36. The summed E-state index contributed by atoms with van der Waals surface area (Å²) in [6, 6.07) is 0. The molecule has 1 heteroatoms. The highest BCUT2D eigenvalue weighted by Gasteiger charge is 2.13. The van der Waals surface area contributed by atoms with E-state index in [1.165, 1.54) is 44.9 Å². The lowest BCUT2D eigenvalue weighted by molar-refractivity contribution is -0.121. The highest BCUT2D eigenvalue weighted by molar-refractivity contribution is 5.78. The van der Waals surface area contributed by atoms with Crippen LogP contribution in [0.25, 0.3) is 0 Å². The van der Waals surface area contributed by atoms with Gasteiger partial charge in [0.1, 0.15) is 5.78 Å². The molecule has 0 aromatic rings. The molecule has 0 aliphatic heterocycles. The number of Topliss-reactive ketones (excluding diaryl/α,β-unsaturated/α-hetero) is 1. The fourth-order valence-corrected chi connectivity index (χ4v) is 2.22. The average molecular weight is 182 g/mol. The Morgan fingerprint density at radius 3 is 1.62 bits per heavy atom. The topological polar surface area (TPSA) is 17.1 Å². The molecule has 1 fully saturated rings. The van der Waals surface area contributed by atoms with Crippen molar-refractivity contribution < 1.29 is 4.79 Å². The summed E-state index contributed by atoms with van der Waals surface area (Å²) in [5.41, 5.74) is 0. The fraction of sp³-hybridized carbons (Fsp3) is 0.917. The lowest BCUT2D eigenvalue weighted by Crippen LogP contribution is -2.11. The lowest BCUT2D eigenvalue weighted by Gasteiger charge is -2.15. The molecule has 0 unspecified atom stereocenters. The standard InChI is InChI=1S/C12H22O/c1-11(13)12-9-7-5-3-2-4-6-8-10-12/h12H,2-10H2,1H3. The molecule has 1 nitrogen and oxygen atoms in total. The Balaban J connectivity index is 2.30. The van der Waals surface area contributed by atoms with Crippen LogP contribution in [0.1, 0.15) is 64.7 Å². The largest absolute Gasteiger partial charge is 0.300 e. The first-order valence-corrected chi connectivity index (χ1v) is 5.81. The molecule has 1 aliphatic rings. The first-order chi connectivity index (χ1) is 6.30. The van der Waals surface area contributed by atoms with Crippen molar-refractivity contribution in [2.45, 2.75) is 64.7 Å². The van der Waals surface area contributed by atoms with Crippen molar-refractivity contribution >= 4 is 5.78 Å². The predicted molar refractivity (Wildman–Crippen MR) is 55.7 cm³/mol. The van der Waals surface area contributed by atoms with Crippen LogP contribution in [0.4, 0.5) is 0 Å². The van der Waals surface area contributed by atoms with E-state index < -0.39 is 0 Å². The van der Waals surface area contributed by atoms with Crippen molar-refractivity contribution in [2.75, 3.05) is 0 Å². The van der Waals surface area contributed by atoms with Gasteiger partial charge in [-0.3, -0.25) is 4.79 Å². The monoisotopic (exact) mass is 182 g/mol. The Morgan fingerprint density at radius 1 is 0.846 bits per heavy atom. The maximum atomic E-state index is 11.3. The minimum Gasteiger partial charge on any atom is -0.300 e. The summed E-state index contributed by atoms with van der Waals surface area (Å²) in [4.78, 5) is 11.3. The minimum absolute atomic E-state index is 0.387. The molecule has 0 spiro atoms. The van der Waals surface area contributed by atoms with Crippen LogP contribution in [0, 0.1) is 5.92 Å². The number of ketones is 1. The van der Waals surface area contributed by atoms with Gasteiger partial charge in [0, 0.05) is 5.92 Å². The highest BCUT2D eigenvalue weighted by atomic mass is 16.1. The SMILES string of the molecule is CC(=O)C1CCCCCCCCC1. The van der Waals surface area contributed by atoms with E-state index in [9.17, 15) is 4.79 Å². The molecule has 0 N–H and O–H groups in total. The van der Waals surface area contributed by atoms with Crippen LogP contribution in [0.2, 0.25) is 0 Å². The molecular weight excluding hydrogens is 160 g/mol. The summed E-state index contributed by atoms with van der Waals surface area (Å²) in [7, 11) is 0. The smallest absolute Gasteiger partial charge is 0.132 e. The van der Waals surface area contributed by atoms with E-state index in [0.717, 1.165) is 12.8 Å². The van der Waals surface area contributed by atoms with Crippen molar-refractivity contribution in [2.24, 2.45) is 5.92 Å². The second-order valence-corrected chi connectivity index (χ2v) is 4.36. The van der Waals surface area contributed by atoms with Crippen LogP contribution in [-0.2, 0) is 4.79 Å². The van der Waals surface area contributed by atoms with Gasteiger partial charge in [-0.05, 0) is 19.8 Å². The zero-order valence-electron chi connectivity index (χ0n) is 8.85. The number of hydrogen-bond donors (Lipinski definition) is 0. The van der Waals surface area contributed by atoms with Crippen molar-refractivity contribution in [1.82, 2.24) is 0 Å². The zero-order chi connectivity index (χ0) is 9.52. The molecule has 1 aliphatic carbocycles. The third-order valence-electron chi connectivity index (χ3n) is 3.18. The highest BCUT2D eigenvalue weighted by Crippen LogP contribution is 2.21. The van der Waals surface area contributed by atoms with Gasteiger partial charge < -0.3 is 0 Å². The van der Waals surface area contributed by atoms with Crippen LogP contribution in [0.15, 0.2) is 0 Å². The maximum Gasteiger partial charge on any atom is 0.132 e. The predicted octanol–water partition coefficient (Wildman–Crippen LogP) is 3.72. The average Bonchev–Trinajstić information content (AvgIpc) is 2.14. The van der Waals surface area contributed by atoms with Crippen LogP contribution in [0.3, 0.4) is 0 Å². The van der Waals surface area contributed by atoms with Gasteiger partial charge in [-0.1, -0.05) is 44.9 Å². The molecule has 0 amide bonds. The van der Waals surface area contributed by atoms with Crippen LogP contribution >= 0.6 is 0 Å². The number of hydrogen-bond acceptors (Lipinski definition) is 1. The fourth-order valence-electron chi connectivity index (χ4n) is 2.22. The molecule has 1 rings (SSSR count). The van der Waals surface area contributed by atoms with Gasteiger partial charge in [-0.15, -0.1) is 0 Å². The minimum atomic E-state index is 0.387. The molecule has 0 atom stereocenters. The summed E-state index contributed by atoms with van der Waals surface area (Å²) < 4.78 is 0. The van der Waals surface area contributed by atoms with Gasteiger partial charge >= 0.3 is 0 Å². The van der Waals surface area contributed by atoms with Crippen LogP contribution in [0.5, 0.6) is 0 Å². The summed E-state index contributed by atoms with van der Waals surface area (Å²) in [5, 5.41) is 0. The quantitative estimate of drug-likeness (QED) is 0.604. The molecule has 0 aromatic carbocycles. The van der Waals surface area contributed by atoms with E-state index in [1.807, 2.05) is 0 Å². The van der Waals surface area contributed by atoms with Gasteiger partial charge in [0.25, 0.3) is 0 Å². The van der Waals surface area contributed by atoms with Crippen molar-refractivity contribution in [1.29, 1.82) is 0 Å². The third-order valence-corrected chi connectivity index (χ3v) is 3.18. The number of carbonyl (C=O) groups excluding carboxylic acids is 1. The normalized spacial score (nSPS) is 22.5. The summed E-state index contributed by atoms with van der Waals surface area (Å²) >= 11 is 0. The number of carbonyl (C=O) groups is 1. The zero-order valence-corrected chi connectivity index (χ0v) is 8.85. The molecule has 0 heterocycles. The first-order valence-electron chi connectivity index (χ1n) is 5.81. The van der Waals surface area contributed by atoms with Crippen molar-refractivity contribution in [3.63, 3.8) is 0 Å². The third kappa shape index (κ3) is 4.44. The van der Waals surface area contributed by atoms with E-state index >= 15 is 0 Å². The van der Waals surface area contributed by atoms with Gasteiger partial charge in [0.15, 0.2) is 0 Å². The lowest BCUT2D eigenvalue weighted by atomic mass is 9.90. The Bertz CT molecular complexity index is 141. The number of rotatable bonds is 1. The maximum absolute atomic E-state index is 11.3. The Labute approximate surface area is 81.9 Å². The second kappa shape index (κ2) is 6.17. The van der Waals surface area contributed by atoms with Crippen LogP contribution < -0.4 is 0 Å². The van der Waals surface area contributed by atoms with Gasteiger partial charge in [0.05, 0.1) is 0 Å². The first kappa shape index (κ1) is 10.7. The van der Waals surface area contributed by atoms with E-state index in [2.05, 4.69) is 0 Å². The molecule has 0 saturated heterocycles. The van der Waals surface area contributed by atoms with Gasteiger partial charge in [-0.2, -0.15) is 0 Å². The Hall–Kier alpha value is -0.330. The molecule has 1 saturated carbocycles. The summed E-state index contributed by atoms with van der Waals surface area (Å²) in [5.74, 6) is 0.804. The van der Waals surface area contributed by atoms with E-state index in [-0.39, 0.29) is 0 Å². The molecule has 13 heavy (non-hydrogen) atoms. The van der Waals surface area contributed by atoms with E-state index in [4.69, 9.17) is 0 Å². The van der Waals surface area contributed by atoms with Gasteiger partial charge in [-0.25, -0.2) is 0 Å². The molecule has 0 bridgehead atoms. The summed E-state index contributed by atoms with van der Waals surface area (Å²) in [6.07, 6.45) is 11.7. The molecule has 0 radical (unpaired) electrons.